The molecule has 0 aliphatic rings. The van der Waals surface area contributed by atoms with E-state index in [9.17, 15) is 9.18 Å². The number of aromatic nitrogens is 2. The number of halogens is 2. The molecule has 1 N–H and O–H groups in total. The zero-order chi connectivity index (χ0) is 12.0. The number of para-hydroxylation sites is 1. The quantitative estimate of drug-likeness (QED) is 0.751. The van der Waals surface area contributed by atoms with Crippen LogP contribution in [0.3, 0.4) is 0 Å². The van der Waals surface area contributed by atoms with Crippen molar-refractivity contribution >= 4 is 27.0 Å². The number of rotatable bonds is 1. The van der Waals surface area contributed by atoms with E-state index >= 15 is 0 Å². The van der Waals surface area contributed by atoms with Gasteiger partial charge in [0.15, 0.2) is 4.67 Å². The maximum absolute atomic E-state index is 13.7. The van der Waals surface area contributed by atoms with Crippen LogP contribution in [0, 0.1) is 5.82 Å². The molecule has 4 nitrogen and oxygen atoms in total. The van der Waals surface area contributed by atoms with E-state index in [2.05, 4.69) is 20.9 Å². The van der Waals surface area contributed by atoms with Gasteiger partial charge in [0.2, 0.25) is 5.88 Å². The summed E-state index contributed by atoms with van der Waals surface area (Å²) in [4.78, 5) is 14.3. The molecule has 17 heavy (non-hydrogen) atoms. The van der Waals surface area contributed by atoms with Gasteiger partial charge in [-0.15, -0.1) is 0 Å². The van der Waals surface area contributed by atoms with Gasteiger partial charge in [-0.3, -0.25) is 0 Å². The molecular weight excluding hydrogens is 291 g/mol. The SMILES string of the molecule is O=c1[nH]c2cccc(F)c2n1-c1ccc(Br)o1. The topological polar surface area (TPSA) is 50.9 Å². The Kier molecular flexibility index (Phi) is 2.19. The molecule has 2 heterocycles. The van der Waals surface area contributed by atoms with E-state index in [1.54, 1.807) is 18.2 Å². The Bertz CT molecular complexity index is 756. The number of aromatic amines is 1. The summed E-state index contributed by atoms with van der Waals surface area (Å²) in [6.45, 7) is 0. The van der Waals surface area contributed by atoms with Crippen LogP contribution in [-0.2, 0) is 0 Å². The summed E-state index contributed by atoms with van der Waals surface area (Å²) in [5.74, 6) is -0.216. The van der Waals surface area contributed by atoms with Crippen LogP contribution in [0.15, 0.2) is 44.2 Å². The second kappa shape index (κ2) is 3.59. The van der Waals surface area contributed by atoms with Crippen LogP contribution in [0.2, 0.25) is 0 Å². The summed E-state index contributed by atoms with van der Waals surface area (Å²) in [6, 6.07) is 7.70. The third-order valence-electron chi connectivity index (χ3n) is 2.43. The molecule has 0 fully saturated rings. The maximum Gasteiger partial charge on any atom is 0.333 e. The van der Waals surface area contributed by atoms with Crippen molar-refractivity contribution in [3.63, 3.8) is 0 Å². The molecule has 0 unspecified atom stereocenters. The number of nitrogens with one attached hydrogen (secondary N) is 1. The zero-order valence-electron chi connectivity index (χ0n) is 8.41. The van der Waals surface area contributed by atoms with E-state index in [-0.39, 0.29) is 11.4 Å². The molecule has 1 aromatic carbocycles. The van der Waals surface area contributed by atoms with Gasteiger partial charge in [0.05, 0.1) is 5.52 Å². The average molecular weight is 297 g/mol. The highest BCUT2D eigenvalue weighted by Gasteiger charge is 2.14. The largest absolute Gasteiger partial charge is 0.433 e. The molecule has 0 atom stereocenters. The molecule has 86 valence electrons. The molecule has 0 radical (unpaired) electrons. The molecule has 0 saturated carbocycles. The van der Waals surface area contributed by atoms with Crippen LogP contribution in [0.1, 0.15) is 0 Å². The molecule has 0 aliphatic heterocycles. The maximum atomic E-state index is 13.7. The van der Waals surface area contributed by atoms with E-state index in [0.29, 0.717) is 10.2 Å². The van der Waals surface area contributed by atoms with Gasteiger partial charge in [-0.25, -0.2) is 13.8 Å². The number of furan rings is 1. The first kappa shape index (κ1) is 10.3. The Hall–Kier alpha value is -1.82. The Balaban J connectivity index is 2.43. The summed E-state index contributed by atoms with van der Waals surface area (Å²) in [6.07, 6.45) is 0. The third kappa shape index (κ3) is 1.52. The van der Waals surface area contributed by atoms with Gasteiger partial charge in [0.25, 0.3) is 0 Å². The number of fused-ring (bicyclic) bond motifs is 1. The van der Waals surface area contributed by atoms with Gasteiger partial charge in [-0.2, -0.15) is 0 Å². The molecule has 3 rings (SSSR count). The molecule has 0 amide bonds. The minimum Gasteiger partial charge on any atom is -0.433 e. The first-order valence-electron chi connectivity index (χ1n) is 4.82. The second-order valence-electron chi connectivity index (χ2n) is 3.48. The number of hydrogen-bond acceptors (Lipinski definition) is 2. The Labute approximate surface area is 103 Å². The van der Waals surface area contributed by atoms with Gasteiger partial charge in [0, 0.05) is 6.07 Å². The van der Waals surface area contributed by atoms with Crippen molar-refractivity contribution in [1.82, 2.24) is 9.55 Å². The van der Waals surface area contributed by atoms with Gasteiger partial charge in [-0.05, 0) is 34.1 Å². The normalized spacial score (nSPS) is 11.2. The van der Waals surface area contributed by atoms with E-state index in [4.69, 9.17) is 4.42 Å². The fraction of sp³-hybridized carbons (Fsp3) is 0. The van der Waals surface area contributed by atoms with Gasteiger partial charge in [-0.1, -0.05) is 6.07 Å². The summed E-state index contributed by atoms with van der Waals surface area (Å²) in [5, 5.41) is 0. The minimum absolute atomic E-state index is 0.180. The lowest BCUT2D eigenvalue weighted by Gasteiger charge is -1.98. The molecule has 0 aliphatic carbocycles. The van der Waals surface area contributed by atoms with Crippen LogP contribution in [0.4, 0.5) is 4.39 Å². The lowest BCUT2D eigenvalue weighted by molar-refractivity contribution is 0.513. The first-order chi connectivity index (χ1) is 8.16. The van der Waals surface area contributed by atoms with Crippen LogP contribution in [0.5, 0.6) is 0 Å². The fourth-order valence-corrected chi connectivity index (χ4v) is 2.05. The van der Waals surface area contributed by atoms with Crippen molar-refractivity contribution in [3.8, 4) is 5.88 Å². The Morgan fingerprint density at radius 3 is 2.82 bits per heavy atom. The van der Waals surface area contributed by atoms with Crippen LogP contribution >= 0.6 is 15.9 Å². The third-order valence-corrected chi connectivity index (χ3v) is 2.86. The van der Waals surface area contributed by atoms with E-state index in [1.807, 2.05) is 0 Å². The molecule has 0 bridgehead atoms. The van der Waals surface area contributed by atoms with E-state index in [1.165, 1.54) is 12.1 Å². The average Bonchev–Trinajstić information content (AvgIpc) is 2.82. The Morgan fingerprint density at radius 1 is 1.29 bits per heavy atom. The van der Waals surface area contributed by atoms with Gasteiger partial charge >= 0.3 is 5.69 Å². The zero-order valence-corrected chi connectivity index (χ0v) is 9.99. The highest BCUT2D eigenvalue weighted by molar-refractivity contribution is 9.10. The Morgan fingerprint density at radius 2 is 2.12 bits per heavy atom. The van der Waals surface area contributed by atoms with Gasteiger partial charge in [0.1, 0.15) is 11.3 Å². The number of imidazole rings is 1. The van der Waals surface area contributed by atoms with Gasteiger partial charge < -0.3 is 9.40 Å². The molecule has 6 heteroatoms. The van der Waals surface area contributed by atoms with Crippen molar-refractivity contribution in [2.45, 2.75) is 0 Å². The highest BCUT2D eigenvalue weighted by Crippen LogP contribution is 2.22. The van der Waals surface area contributed by atoms with E-state index < -0.39 is 11.5 Å². The number of H-pyrrole nitrogens is 1. The summed E-state index contributed by atoms with van der Waals surface area (Å²) in [7, 11) is 0. The summed E-state index contributed by atoms with van der Waals surface area (Å²) < 4.78 is 20.6. The van der Waals surface area contributed by atoms with Crippen molar-refractivity contribution in [3.05, 3.63) is 51.3 Å². The molecule has 0 spiro atoms. The molecular formula is C11H6BrFN2O2. The summed E-state index contributed by atoms with van der Waals surface area (Å²) in [5.41, 5.74) is 0.175. The van der Waals surface area contributed by atoms with Crippen molar-refractivity contribution < 1.29 is 8.81 Å². The summed E-state index contributed by atoms with van der Waals surface area (Å²) >= 11 is 3.14. The minimum atomic E-state index is -0.478. The number of benzene rings is 1. The molecule has 3 aromatic rings. The second-order valence-corrected chi connectivity index (χ2v) is 4.26. The number of hydrogen-bond donors (Lipinski definition) is 1. The predicted octanol–water partition coefficient (Wildman–Crippen LogP) is 2.81. The lowest BCUT2D eigenvalue weighted by Crippen LogP contribution is -2.14. The highest BCUT2D eigenvalue weighted by atomic mass is 79.9. The fourth-order valence-electron chi connectivity index (χ4n) is 1.75. The monoisotopic (exact) mass is 296 g/mol. The molecule has 2 aromatic heterocycles. The predicted molar refractivity (Wildman–Crippen MR) is 63.8 cm³/mol. The first-order valence-corrected chi connectivity index (χ1v) is 5.61. The van der Waals surface area contributed by atoms with Crippen LogP contribution < -0.4 is 5.69 Å². The van der Waals surface area contributed by atoms with Crippen molar-refractivity contribution in [2.24, 2.45) is 0 Å². The number of nitrogens with zero attached hydrogens (tertiary/aromatic N) is 1. The van der Waals surface area contributed by atoms with Crippen molar-refractivity contribution in [1.29, 1.82) is 0 Å². The van der Waals surface area contributed by atoms with E-state index in [0.717, 1.165) is 4.57 Å². The van der Waals surface area contributed by atoms with Crippen LogP contribution in [-0.4, -0.2) is 9.55 Å². The van der Waals surface area contributed by atoms with Crippen molar-refractivity contribution in [2.75, 3.05) is 0 Å². The standard InChI is InChI=1S/C11H6BrFN2O2/c12-8-4-5-9(17-8)15-10-6(13)2-1-3-7(10)14-11(15)16/h1-5H,(H,14,16). The lowest BCUT2D eigenvalue weighted by atomic mass is 10.3. The molecule has 0 saturated heterocycles. The smallest absolute Gasteiger partial charge is 0.333 e. The van der Waals surface area contributed by atoms with Crippen LogP contribution in [0.25, 0.3) is 16.9 Å².